The number of para-hydroxylation sites is 1. The Morgan fingerprint density at radius 3 is 2.74 bits per heavy atom. The smallest absolute Gasteiger partial charge is 0.273 e. The van der Waals surface area contributed by atoms with E-state index in [2.05, 4.69) is 32.3 Å². The van der Waals surface area contributed by atoms with Crippen molar-refractivity contribution in [3.8, 4) is 0 Å². The van der Waals surface area contributed by atoms with Crippen molar-refractivity contribution in [2.24, 2.45) is 0 Å². The first-order chi connectivity index (χ1) is 9.06. The van der Waals surface area contributed by atoms with Crippen LogP contribution in [0.1, 0.15) is 11.1 Å². The highest BCUT2D eigenvalue weighted by Gasteiger charge is 2.14. The molecule has 0 unspecified atom stereocenters. The molecule has 2 rings (SSSR count). The topological polar surface area (TPSA) is 46.4 Å². The van der Waals surface area contributed by atoms with Gasteiger partial charge >= 0.3 is 0 Å². The standard InChI is InChI=1S/C13H13BrN2O2S/c1-15(7-10-6-13(14)19-9-10)8-11-4-2-3-5-12(11)16(17)18/h2-6,9H,7-8H2,1H3. The molecule has 0 saturated heterocycles. The minimum absolute atomic E-state index is 0.181. The van der Waals surface area contributed by atoms with E-state index < -0.39 is 0 Å². The monoisotopic (exact) mass is 340 g/mol. The fourth-order valence-corrected chi connectivity index (χ4v) is 3.11. The normalized spacial score (nSPS) is 10.9. The lowest BCUT2D eigenvalue weighted by Gasteiger charge is -2.15. The molecule has 0 saturated carbocycles. The minimum Gasteiger partial charge on any atom is -0.298 e. The molecule has 0 aliphatic heterocycles. The number of hydrogen-bond acceptors (Lipinski definition) is 4. The van der Waals surface area contributed by atoms with Crippen LogP contribution in [0.2, 0.25) is 0 Å². The molecule has 2 aromatic rings. The molecule has 0 radical (unpaired) electrons. The van der Waals surface area contributed by atoms with Gasteiger partial charge < -0.3 is 0 Å². The third kappa shape index (κ3) is 3.86. The molecule has 1 aromatic heterocycles. The fourth-order valence-electron chi connectivity index (χ4n) is 1.91. The van der Waals surface area contributed by atoms with Crippen molar-refractivity contribution in [3.05, 3.63) is 60.7 Å². The van der Waals surface area contributed by atoms with Crippen LogP contribution in [0.25, 0.3) is 0 Å². The molecule has 1 aromatic carbocycles. The summed E-state index contributed by atoms with van der Waals surface area (Å²) in [5, 5.41) is 13.0. The van der Waals surface area contributed by atoms with Gasteiger partial charge in [0.25, 0.3) is 5.69 Å². The second-order valence-electron chi connectivity index (χ2n) is 4.32. The lowest BCUT2D eigenvalue weighted by molar-refractivity contribution is -0.385. The van der Waals surface area contributed by atoms with Crippen LogP contribution in [0.3, 0.4) is 0 Å². The Labute approximate surface area is 124 Å². The molecule has 0 aliphatic carbocycles. The van der Waals surface area contributed by atoms with Crippen LogP contribution in [-0.4, -0.2) is 16.9 Å². The van der Waals surface area contributed by atoms with Crippen molar-refractivity contribution in [2.45, 2.75) is 13.1 Å². The van der Waals surface area contributed by atoms with Crippen LogP contribution in [0, 0.1) is 10.1 Å². The Morgan fingerprint density at radius 1 is 1.37 bits per heavy atom. The summed E-state index contributed by atoms with van der Waals surface area (Å²) < 4.78 is 1.10. The Bertz CT molecular complexity index is 586. The van der Waals surface area contributed by atoms with Crippen molar-refractivity contribution in [2.75, 3.05) is 7.05 Å². The van der Waals surface area contributed by atoms with Gasteiger partial charge in [0.15, 0.2) is 0 Å². The van der Waals surface area contributed by atoms with Crippen LogP contribution in [0.4, 0.5) is 5.69 Å². The van der Waals surface area contributed by atoms with Crippen LogP contribution < -0.4 is 0 Å². The molecular formula is C13H13BrN2O2S. The maximum Gasteiger partial charge on any atom is 0.273 e. The van der Waals surface area contributed by atoms with Crippen LogP contribution in [-0.2, 0) is 13.1 Å². The maximum atomic E-state index is 10.9. The van der Waals surface area contributed by atoms with Crippen molar-refractivity contribution >= 4 is 33.0 Å². The summed E-state index contributed by atoms with van der Waals surface area (Å²) in [6.45, 7) is 1.33. The van der Waals surface area contributed by atoms with Crippen LogP contribution in [0.5, 0.6) is 0 Å². The van der Waals surface area contributed by atoms with Gasteiger partial charge in [0.2, 0.25) is 0 Å². The second-order valence-corrected chi connectivity index (χ2v) is 6.61. The molecule has 19 heavy (non-hydrogen) atoms. The van der Waals surface area contributed by atoms with Gasteiger partial charge in [-0.1, -0.05) is 18.2 Å². The van der Waals surface area contributed by atoms with E-state index >= 15 is 0 Å². The summed E-state index contributed by atoms with van der Waals surface area (Å²) in [6, 6.07) is 8.94. The van der Waals surface area contributed by atoms with Gasteiger partial charge in [-0.3, -0.25) is 15.0 Å². The van der Waals surface area contributed by atoms with Crippen molar-refractivity contribution in [1.29, 1.82) is 0 Å². The Hall–Kier alpha value is -1.24. The summed E-state index contributed by atoms with van der Waals surface area (Å²) in [5.41, 5.74) is 2.13. The molecule has 100 valence electrons. The zero-order chi connectivity index (χ0) is 13.8. The first-order valence-corrected chi connectivity index (χ1v) is 7.37. The van der Waals surface area contributed by atoms with E-state index in [1.54, 1.807) is 29.5 Å². The third-order valence-corrected chi connectivity index (χ3v) is 4.26. The molecule has 4 nitrogen and oxygen atoms in total. The predicted octanol–water partition coefficient (Wildman–Crippen LogP) is 4.05. The first kappa shape index (κ1) is 14.2. The largest absolute Gasteiger partial charge is 0.298 e. The highest BCUT2D eigenvalue weighted by molar-refractivity contribution is 9.11. The van der Waals surface area contributed by atoms with E-state index in [1.807, 2.05) is 13.1 Å². The lowest BCUT2D eigenvalue weighted by atomic mass is 10.1. The number of rotatable bonds is 5. The Morgan fingerprint density at radius 2 is 2.11 bits per heavy atom. The SMILES string of the molecule is CN(Cc1csc(Br)c1)Cc1ccccc1[N+](=O)[O-]. The van der Waals surface area contributed by atoms with E-state index in [-0.39, 0.29) is 10.6 Å². The Kier molecular flexibility index (Phi) is 4.68. The first-order valence-electron chi connectivity index (χ1n) is 5.70. The van der Waals surface area contributed by atoms with Crippen molar-refractivity contribution in [3.63, 3.8) is 0 Å². The highest BCUT2D eigenvalue weighted by Crippen LogP contribution is 2.23. The van der Waals surface area contributed by atoms with Gasteiger partial charge in [-0.25, -0.2) is 0 Å². The summed E-state index contributed by atoms with van der Waals surface area (Å²) in [4.78, 5) is 12.7. The van der Waals surface area contributed by atoms with Gasteiger partial charge in [0.05, 0.1) is 8.71 Å². The third-order valence-electron chi connectivity index (χ3n) is 2.70. The summed E-state index contributed by atoms with van der Waals surface area (Å²) in [5.74, 6) is 0. The van der Waals surface area contributed by atoms with E-state index in [9.17, 15) is 10.1 Å². The maximum absolute atomic E-state index is 10.9. The lowest BCUT2D eigenvalue weighted by Crippen LogP contribution is -2.17. The number of halogens is 1. The Balaban J connectivity index is 2.06. The predicted molar refractivity (Wildman–Crippen MR) is 80.3 cm³/mol. The highest BCUT2D eigenvalue weighted by atomic mass is 79.9. The second kappa shape index (κ2) is 6.27. The number of nitro benzene ring substituents is 1. The molecule has 0 amide bonds. The summed E-state index contributed by atoms with van der Waals surface area (Å²) in [6.07, 6.45) is 0. The van der Waals surface area contributed by atoms with Gasteiger partial charge in [-0.05, 0) is 40.0 Å². The van der Waals surface area contributed by atoms with Gasteiger partial charge in [-0.2, -0.15) is 0 Å². The number of benzene rings is 1. The van der Waals surface area contributed by atoms with E-state index in [0.29, 0.717) is 6.54 Å². The molecular weight excluding hydrogens is 328 g/mol. The van der Waals surface area contributed by atoms with E-state index in [1.165, 1.54) is 5.56 Å². The molecule has 0 spiro atoms. The number of nitro groups is 1. The molecule has 6 heteroatoms. The van der Waals surface area contributed by atoms with Gasteiger partial charge in [0.1, 0.15) is 0 Å². The fraction of sp³-hybridized carbons (Fsp3) is 0.231. The van der Waals surface area contributed by atoms with Crippen LogP contribution in [0.15, 0.2) is 39.5 Å². The van der Waals surface area contributed by atoms with E-state index in [4.69, 9.17) is 0 Å². The zero-order valence-electron chi connectivity index (χ0n) is 10.4. The number of nitrogens with zero attached hydrogens (tertiary/aromatic N) is 2. The number of thiophene rings is 1. The van der Waals surface area contributed by atoms with Gasteiger partial charge in [-0.15, -0.1) is 11.3 Å². The molecule has 1 heterocycles. The van der Waals surface area contributed by atoms with E-state index in [0.717, 1.165) is 15.9 Å². The van der Waals surface area contributed by atoms with Gasteiger partial charge in [0, 0.05) is 24.7 Å². The zero-order valence-corrected chi connectivity index (χ0v) is 12.8. The summed E-state index contributed by atoms with van der Waals surface area (Å²) >= 11 is 5.07. The van der Waals surface area contributed by atoms with Crippen molar-refractivity contribution in [1.82, 2.24) is 4.90 Å². The average Bonchev–Trinajstić information content (AvgIpc) is 2.75. The minimum atomic E-state index is -0.329. The number of hydrogen-bond donors (Lipinski definition) is 0. The molecule has 0 aliphatic rings. The molecule has 0 bridgehead atoms. The molecule has 0 N–H and O–H groups in total. The summed E-state index contributed by atoms with van der Waals surface area (Å²) in [7, 11) is 1.96. The quantitative estimate of drug-likeness (QED) is 0.609. The molecule has 0 fully saturated rings. The molecule has 0 atom stereocenters. The van der Waals surface area contributed by atoms with Crippen LogP contribution >= 0.6 is 27.3 Å². The average molecular weight is 341 g/mol. The van der Waals surface area contributed by atoms with Crippen molar-refractivity contribution < 1.29 is 4.92 Å².